The van der Waals surface area contributed by atoms with Crippen molar-refractivity contribution in [1.82, 2.24) is 0 Å². The summed E-state index contributed by atoms with van der Waals surface area (Å²) in [5.74, 6) is -0.969. The third kappa shape index (κ3) is 4.48. The van der Waals surface area contributed by atoms with Crippen LogP contribution in [-0.2, 0) is 9.53 Å². The van der Waals surface area contributed by atoms with Crippen LogP contribution in [0.3, 0.4) is 0 Å². The molecular weight excluding hydrogens is 290 g/mol. The molecule has 1 aliphatic rings. The molecule has 2 rings (SSSR count). The number of carbonyl (C=O) groups is 1. The average Bonchev–Trinajstić information content (AvgIpc) is 2.96. The molecule has 0 amide bonds. The molecule has 1 aromatic rings. The molecule has 114 valence electrons. The number of carboxylic acid groups (broad SMARTS) is 1. The molecule has 0 aliphatic carbocycles. The topological polar surface area (TPSA) is 49.8 Å². The minimum absolute atomic E-state index is 0.271. The fraction of sp³-hybridized carbons (Fsp3) is 0.438. The van der Waals surface area contributed by atoms with E-state index in [0.29, 0.717) is 5.02 Å². The van der Waals surface area contributed by atoms with Gasteiger partial charge in [0.15, 0.2) is 0 Å². The van der Waals surface area contributed by atoms with E-state index in [2.05, 4.69) is 11.8 Å². The van der Waals surface area contributed by atoms with Crippen LogP contribution < -0.4 is 4.90 Å². The fourth-order valence-electron chi connectivity index (χ4n) is 2.48. The molecule has 0 saturated carbocycles. The Kier molecular flexibility index (Phi) is 5.65. The van der Waals surface area contributed by atoms with Crippen LogP contribution in [0.25, 0.3) is 6.08 Å². The number of aliphatic carboxylic acids is 1. The molecule has 0 bridgehead atoms. The number of likely N-dealkylation sites (N-methyl/N-ethyl adjacent to an activating group) is 1. The highest BCUT2D eigenvalue weighted by Gasteiger charge is 2.19. The number of hydrogen-bond donors (Lipinski definition) is 1. The summed E-state index contributed by atoms with van der Waals surface area (Å²) in [4.78, 5) is 12.7. The first-order valence-corrected chi connectivity index (χ1v) is 7.55. The Hall–Kier alpha value is -1.52. The van der Waals surface area contributed by atoms with Crippen molar-refractivity contribution in [3.8, 4) is 0 Å². The van der Waals surface area contributed by atoms with Crippen LogP contribution >= 0.6 is 11.6 Å². The third-order valence-corrected chi connectivity index (χ3v) is 3.86. The lowest BCUT2D eigenvalue weighted by Gasteiger charge is -2.27. The van der Waals surface area contributed by atoms with Crippen LogP contribution in [0.2, 0.25) is 5.02 Å². The second kappa shape index (κ2) is 7.48. The zero-order valence-electron chi connectivity index (χ0n) is 12.1. The van der Waals surface area contributed by atoms with Crippen LogP contribution in [0.15, 0.2) is 24.3 Å². The highest BCUT2D eigenvalue weighted by atomic mass is 35.5. The van der Waals surface area contributed by atoms with E-state index in [1.54, 1.807) is 6.07 Å². The molecule has 4 nitrogen and oxygen atoms in total. The van der Waals surface area contributed by atoms with Gasteiger partial charge in [-0.15, -0.1) is 0 Å². The Morgan fingerprint density at radius 3 is 2.95 bits per heavy atom. The lowest BCUT2D eigenvalue weighted by atomic mass is 10.1. The summed E-state index contributed by atoms with van der Waals surface area (Å²) < 4.78 is 5.67. The SMILES string of the molecule is CCN(CC1CCCO1)c1ccc(/C=C/C(=O)O)cc1Cl. The highest BCUT2D eigenvalue weighted by Crippen LogP contribution is 2.28. The summed E-state index contributed by atoms with van der Waals surface area (Å²) >= 11 is 6.34. The van der Waals surface area contributed by atoms with Crippen molar-refractivity contribution in [2.24, 2.45) is 0 Å². The molecule has 1 atom stereocenters. The van der Waals surface area contributed by atoms with E-state index in [1.165, 1.54) is 6.08 Å². The maximum Gasteiger partial charge on any atom is 0.328 e. The average molecular weight is 310 g/mol. The maximum atomic E-state index is 10.5. The Morgan fingerprint density at radius 1 is 1.57 bits per heavy atom. The van der Waals surface area contributed by atoms with Gasteiger partial charge in [0, 0.05) is 25.8 Å². The molecule has 5 heteroatoms. The molecule has 0 radical (unpaired) electrons. The lowest BCUT2D eigenvalue weighted by molar-refractivity contribution is -0.131. The van der Waals surface area contributed by atoms with Gasteiger partial charge >= 0.3 is 5.97 Å². The molecule has 1 unspecified atom stereocenters. The molecule has 1 aromatic carbocycles. The quantitative estimate of drug-likeness (QED) is 0.818. The predicted octanol–water partition coefficient (Wildman–Crippen LogP) is 3.44. The van der Waals surface area contributed by atoms with Gasteiger partial charge in [0.05, 0.1) is 16.8 Å². The van der Waals surface area contributed by atoms with Crippen LogP contribution in [0, 0.1) is 0 Å². The van der Waals surface area contributed by atoms with Gasteiger partial charge in [-0.05, 0) is 43.5 Å². The summed E-state index contributed by atoms with van der Waals surface area (Å²) in [5.41, 5.74) is 1.74. The Balaban J connectivity index is 2.11. The third-order valence-electron chi connectivity index (χ3n) is 3.56. The van der Waals surface area contributed by atoms with Crippen molar-refractivity contribution >= 4 is 29.3 Å². The smallest absolute Gasteiger partial charge is 0.328 e. The fourth-order valence-corrected chi connectivity index (χ4v) is 2.79. The molecule has 0 spiro atoms. The first-order chi connectivity index (χ1) is 10.1. The monoisotopic (exact) mass is 309 g/mol. The van der Waals surface area contributed by atoms with Crippen molar-refractivity contribution in [3.63, 3.8) is 0 Å². The number of nitrogens with zero attached hydrogens (tertiary/aromatic N) is 1. The Labute approximate surface area is 130 Å². The first-order valence-electron chi connectivity index (χ1n) is 7.17. The number of carboxylic acids is 1. The van der Waals surface area contributed by atoms with Gasteiger partial charge in [0.1, 0.15) is 0 Å². The molecule has 1 saturated heterocycles. The Morgan fingerprint density at radius 2 is 2.38 bits per heavy atom. The summed E-state index contributed by atoms with van der Waals surface area (Å²) in [7, 11) is 0. The van der Waals surface area contributed by atoms with Gasteiger partial charge in [-0.1, -0.05) is 17.7 Å². The van der Waals surface area contributed by atoms with Crippen molar-refractivity contribution in [1.29, 1.82) is 0 Å². The van der Waals surface area contributed by atoms with E-state index in [-0.39, 0.29) is 6.10 Å². The van der Waals surface area contributed by atoms with Crippen LogP contribution in [0.5, 0.6) is 0 Å². The summed E-state index contributed by atoms with van der Waals surface area (Å²) in [6.45, 7) is 4.61. The number of anilines is 1. The largest absolute Gasteiger partial charge is 0.478 e. The Bertz CT molecular complexity index is 524. The molecule has 1 aliphatic heterocycles. The summed E-state index contributed by atoms with van der Waals surface area (Å²) in [5, 5.41) is 9.27. The molecular formula is C16H20ClNO3. The van der Waals surface area contributed by atoms with Crippen LogP contribution in [-0.4, -0.2) is 36.9 Å². The number of halogens is 1. The minimum atomic E-state index is -0.969. The molecule has 1 heterocycles. The zero-order valence-corrected chi connectivity index (χ0v) is 12.8. The number of ether oxygens (including phenoxy) is 1. The van der Waals surface area contributed by atoms with Gasteiger partial charge in [-0.2, -0.15) is 0 Å². The normalized spacial score (nSPS) is 18.3. The van der Waals surface area contributed by atoms with Gasteiger partial charge in [0.25, 0.3) is 0 Å². The van der Waals surface area contributed by atoms with Crippen LogP contribution in [0.1, 0.15) is 25.3 Å². The van der Waals surface area contributed by atoms with Gasteiger partial charge < -0.3 is 14.7 Å². The standard InChI is InChI=1S/C16H20ClNO3/c1-2-18(11-13-4-3-9-21-13)15-7-5-12(10-14(15)17)6-8-16(19)20/h5-8,10,13H,2-4,9,11H2,1H3,(H,19,20)/b8-6+. The second-order valence-corrected chi connectivity index (χ2v) is 5.46. The van der Waals surface area contributed by atoms with Crippen molar-refractivity contribution < 1.29 is 14.6 Å². The van der Waals surface area contributed by atoms with E-state index in [1.807, 2.05) is 12.1 Å². The van der Waals surface area contributed by atoms with E-state index in [9.17, 15) is 4.79 Å². The van der Waals surface area contributed by atoms with Crippen molar-refractivity contribution in [2.75, 3.05) is 24.6 Å². The van der Waals surface area contributed by atoms with E-state index in [4.69, 9.17) is 21.4 Å². The van der Waals surface area contributed by atoms with Crippen molar-refractivity contribution in [3.05, 3.63) is 34.9 Å². The summed E-state index contributed by atoms with van der Waals surface area (Å²) in [6, 6.07) is 5.59. The lowest BCUT2D eigenvalue weighted by Crippen LogP contribution is -2.32. The van der Waals surface area contributed by atoms with Gasteiger partial charge in [0.2, 0.25) is 0 Å². The van der Waals surface area contributed by atoms with E-state index in [0.717, 1.165) is 49.9 Å². The van der Waals surface area contributed by atoms with Crippen molar-refractivity contribution in [2.45, 2.75) is 25.9 Å². The van der Waals surface area contributed by atoms with E-state index < -0.39 is 5.97 Å². The first kappa shape index (κ1) is 15.9. The molecule has 21 heavy (non-hydrogen) atoms. The van der Waals surface area contributed by atoms with E-state index >= 15 is 0 Å². The number of hydrogen-bond acceptors (Lipinski definition) is 3. The number of rotatable bonds is 6. The minimum Gasteiger partial charge on any atom is -0.478 e. The molecule has 1 fully saturated rings. The molecule has 1 N–H and O–H groups in total. The van der Waals surface area contributed by atoms with Gasteiger partial charge in [-0.3, -0.25) is 0 Å². The zero-order chi connectivity index (χ0) is 15.2. The predicted molar refractivity (Wildman–Crippen MR) is 85.0 cm³/mol. The maximum absolute atomic E-state index is 10.5. The second-order valence-electron chi connectivity index (χ2n) is 5.06. The van der Waals surface area contributed by atoms with Gasteiger partial charge in [-0.25, -0.2) is 4.79 Å². The number of benzene rings is 1. The van der Waals surface area contributed by atoms with Crippen LogP contribution in [0.4, 0.5) is 5.69 Å². The summed E-state index contributed by atoms with van der Waals surface area (Å²) in [6.07, 6.45) is 5.12. The molecule has 0 aromatic heterocycles. The highest BCUT2D eigenvalue weighted by molar-refractivity contribution is 6.33.